The lowest BCUT2D eigenvalue weighted by atomic mass is 9.95. The second kappa shape index (κ2) is 6.50. The van der Waals surface area contributed by atoms with Gasteiger partial charge in [-0.2, -0.15) is 0 Å². The highest BCUT2D eigenvalue weighted by molar-refractivity contribution is 7.90. The van der Waals surface area contributed by atoms with Crippen LogP contribution in [0.2, 0.25) is 0 Å². The third kappa shape index (κ3) is 5.47. The van der Waals surface area contributed by atoms with Crippen LogP contribution in [0.25, 0.3) is 0 Å². The SMILES string of the molecule is Cc1ccc(CCC(C)(C)N[S+]([O-])C(C)(C)C)cc1C. The van der Waals surface area contributed by atoms with Gasteiger partial charge in [0.2, 0.25) is 0 Å². The molecule has 0 fully saturated rings. The van der Waals surface area contributed by atoms with E-state index in [2.05, 4.69) is 50.6 Å². The van der Waals surface area contributed by atoms with Crippen molar-refractivity contribution in [2.24, 2.45) is 0 Å². The third-order valence-electron chi connectivity index (χ3n) is 3.54. The number of nitrogens with one attached hydrogen (secondary N) is 1. The van der Waals surface area contributed by atoms with E-state index >= 15 is 0 Å². The van der Waals surface area contributed by atoms with E-state index in [1.165, 1.54) is 16.7 Å². The quantitative estimate of drug-likeness (QED) is 0.831. The van der Waals surface area contributed by atoms with Crippen molar-refractivity contribution < 1.29 is 4.55 Å². The molecule has 1 atom stereocenters. The molecule has 0 aliphatic carbocycles. The molecule has 1 N–H and O–H groups in total. The fourth-order valence-electron chi connectivity index (χ4n) is 1.87. The molecule has 0 bridgehead atoms. The predicted molar refractivity (Wildman–Crippen MR) is 89.3 cm³/mol. The highest BCUT2D eigenvalue weighted by Gasteiger charge is 2.32. The maximum Gasteiger partial charge on any atom is 0.136 e. The zero-order valence-electron chi connectivity index (χ0n) is 14.0. The Hall–Kier alpha value is -0.510. The van der Waals surface area contributed by atoms with Crippen molar-refractivity contribution in [2.75, 3.05) is 0 Å². The maximum absolute atomic E-state index is 12.2. The van der Waals surface area contributed by atoms with Crippen molar-refractivity contribution in [3.8, 4) is 0 Å². The Kier molecular flexibility index (Phi) is 5.70. The lowest BCUT2D eigenvalue weighted by molar-refractivity contribution is 0.413. The van der Waals surface area contributed by atoms with Crippen LogP contribution in [-0.4, -0.2) is 14.8 Å². The van der Waals surface area contributed by atoms with Crippen molar-refractivity contribution in [3.63, 3.8) is 0 Å². The van der Waals surface area contributed by atoms with Gasteiger partial charge < -0.3 is 4.55 Å². The summed E-state index contributed by atoms with van der Waals surface area (Å²) in [6.07, 6.45) is 1.97. The van der Waals surface area contributed by atoms with Gasteiger partial charge in [0, 0.05) is 11.4 Å². The molecule has 0 saturated carbocycles. The van der Waals surface area contributed by atoms with E-state index in [0.29, 0.717) is 0 Å². The molecule has 1 rings (SSSR count). The standard InChI is InChI=1S/C17H29NOS/c1-13-8-9-15(12-14(13)2)10-11-17(6,7)18-20(19)16(3,4)5/h8-9,12,18H,10-11H2,1-7H3. The molecule has 1 unspecified atom stereocenters. The number of hydrogen-bond acceptors (Lipinski definition) is 2. The molecule has 0 saturated heterocycles. The molecule has 0 aliphatic rings. The molecule has 0 aromatic heterocycles. The Balaban J connectivity index is 2.60. The molecule has 20 heavy (non-hydrogen) atoms. The van der Waals surface area contributed by atoms with E-state index in [-0.39, 0.29) is 10.3 Å². The van der Waals surface area contributed by atoms with E-state index in [9.17, 15) is 4.55 Å². The van der Waals surface area contributed by atoms with Crippen molar-refractivity contribution >= 4 is 11.4 Å². The van der Waals surface area contributed by atoms with Crippen molar-refractivity contribution in [3.05, 3.63) is 34.9 Å². The minimum absolute atomic E-state index is 0.128. The van der Waals surface area contributed by atoms with Gasteiger partial charge in [0.15, 0.2) is 0 Å². The number of benzene rings is 1. The van der Waals surface area contributed by atoms with Gasteiger partial charge in [-0.05, 0) is 78.0 Å². The summed E-state index contributed by atoms with van der Waals surface area (Å²) in [4.78, 5) is 0. The zero-order chi connectivity index (χ0) is 15.6. The molecule has 114 valence electrons. The van der Waals surface area contributed by atoms with E-state index in [1.807, 2.05) is 20.8 Å². The van der Waals surface area contributed by atoms with E-state index in [0.717, 1.165) is 12.8 Å². The molecule has 0 radical (unpaired) electrons. The molecule has 3 heteroatoms. The Morgan fingerprint density at radius 1 is 1.05 bits per heavy atom. The summed E-state index contributed by atoms with van der Waals surface area (Å²) in [5.74, 6) is 0. The lowest BCUT2D eigenvalue weighted by Gasteiger charge is -2.32. The first-order chi connectivity index (χ1) is 9.01. The highest BCUT2D eigenvalue weighted by Crippen LogP contribution is 2.21. The summed E-state index contributed by atoms with van der Waals surface area (Å²) in [6.45, 7) is 14.5. The van der Waals surface area contributed by atoms with Crippen LogP contribution in [0.15, 0.2) is 18.2 Å². The Labute approximate surface area is 127 Å². The van der Waals surface area contributed by atoms with E-state index < -0.39 is 11.4 Å². The van der Waals surface area contributed by atoms with Crippen LogP contribution >= 0.6 is 0 Å². The predicted octanol–water partition coefficient (Wildman–Crippen LogP) is 4.07. The fraction of sp³-hybridized carbons (Fsp3) is 0.647. The number of aryl methyl sites for hydroxylation is 3. The van der Waals surface area contributed by atoms with Crippen LogP contribution in [0.3, 0.4) is 0 Å². The van der Waals surface area contributed by atoms with Gasteiger partial charge in [0.25, 0.3) is 0 Å². The van der Waals surface area contributed by atoms with Gasteiger partial charge in [-0.15, -0.1) is 4.72 Å². The van der Waals surface area contributed by atoms with Crippen LogP contribution < -0.4 is 4.72 Å². The van der Waals surface area contributed by atoms with Gasteiger partial charge >= 0.3 is 0 Å². The van der Waals surface area contributed by atoms with Gasteiger partial charge in [-0.1, -0.05) is 18.2 Å². The summed E-state index contributed by atoms with van der Waals surface area (Å²) in [5.41, 5.74) is 3.90. The molecular formula is C17H29NOS. The fourth-order valence-corrected chi connectivity index (χ4v) is 2.78. The normalized spacial score (nSPS) is 14.4. The Morgan fingerprint density at radius 2 is 1.65 bits per heavy atom. The summed E-state index contributed by atoms with van der Waals surface area (Å²) in [6, 6.07) is 6.63. The summed E-state index contributed by atoms with van der Waals surface area (Å²) >= 11 is -1.02. The summed E-state index contributed by atoms with van der Waals surface area (Å²) < 4.78 is 15.2. The van der Waals surface area contributed by atoms with Gasteiger partial charge in [0.05, 0.1) is 5.54 Å². The van der Waals surface area contributed by atoms with Crippen LogP contribution in [0.4, 0.5) is 0 Å². The third-order valence-corrected chi connectivity index (χ3v) is 5.39. The van der Waals surface area contributed by atoms with Crippen molar-refractivity contribution in [1.29, 1.82) is 0 Å². The van der Waals surface area contributed by atoms with Crippen LogP contribution in [-0.2, 0) is 17.8 Å². The number of hydrogen-bond donors (Lipinski definition) is 1. The second-order valence-corrected chi connectivity index (χ2v) is 9.25. The van der Waals surface area contributed by atoms with Gasteiger partial charge in [0.1, 0.15) is 4.75 Å². The first-order valence-electron chi connectivity index (χ1n) is 7.27. The molecular weight excluding hydrogens is 266 g/mol. The second-order valence-electron chi connectivity index (χ2n) is 7.29. The van der Waals surface area contributed by atoms with Crippen LogP contribution in [0, 0.1) is 13.8 Å². The average Bonchev–Trinajstić information content (AvgIpc) is 2.29. The first-order valence-corrected chi connectivity index (χ1v) is 8.42. The molecule has 0 heterocycles. The van der Waals surface area contributed by atoms with E-state index in [1.54, 1.807) is 0 Å². The van der Waals surface area contributed by atoms with Crippen molar-refractivity contribution in [1.82, 2.24) is 4.72 Å². The minimum atomic E-state index is -1.02. The molecule has 0 amide bonds. The van der Waals surface area contributed by atoms with Crippen LogP contribution in [0.5, 0.6) is 0 Å². The maximum atomic E-state index is 12.2. The van der Waals surface area contributed by atoms with E-state index in [4.69, 9.17) is 0 Å². The first kappa shape index (κ1) is 17.5. The summed E-state index contributed by atoms with van der Waals surface area (Å²) in [7, 11) is 0. The zero-order valence-corrected chi connectivity index (χ0v) is 14.8. The van der Waals surface area contributed by atoms with Gasteiger partial charge in [-0.25, -0.2) is 0 Å². The molecule has 1 aromatic rings. The van der Waals surface area contributed by atoms with Crippen molar-refractivity contribution in [2.45, 2.75) is 71.6 Å². The largest absolute Gasteiger partial charge is 0.598 e. The topological polar surface area (TPSA) is 35.1 Å². The van der Waals surface area contributed by atoms with Gasteiger partial charge in [-0.3, -0.25) is 0 Å². The molecule has 1 aromatic carbocycles. The smallest absolute Gasteiger partial charge is 0.136 e. The minimum Gasteiger partial charge on any atom is -0.598 e. The van der Waals surface area contributed by atoms with Crippen LogP contribution in [0.1, 0.15) is 57.7 Å². The highest BCUT2D eigenvalue weighted by atomic mass is 32.2. The number of rotatable bonds is 5. The lowest BCUT2D eigenvalue weighted by Crippen LogP contribution is -2.50. The molecule has 0 spiro atoms. The summed E-state index contributed by atoms with van der Waals surface area (Å²) in [5, 5.41) is 0. The monoisotopic (exact) mass is 295 g/mol. The Bertz CT molecular complexity index is 449. The molecule has 2 nitrogen and oxygen atoms in total. The molecule has 0 aliphatic heterocycles. The Morgan fingerprint density at radius 3 is 2.15 bits per heavy atom. The average molecular weight is 295 g/mol.